The second-order valence-electron chi connectivity index (χ2n) is 6.85. The fraction of sp³-hybridized carbons (Fsp3) is 0.350. The van der Waals surface area contributed by atoms with Gasteiger partial charge in [0.1, 0.15) is 11.9 Å². The van der Waals surface area contributed by atoms with E-state index in [1.807, 2.05) is 0 Å². The van der Waals surface area contributed by atoms with E-state index >= 15 is 0 Å². The predicted octanol–water partition coefficient (Wildman–Crippen LogP) is 4.30. The average molecular weight is 380 g/mol. The van der Waals surface area contributed by atoms with Crippen LogP contribution in [0.1, 0.15) is 35.6 Å². The van der Waals surface area contributed by atoms with Gasteiger partial charge in [-0.3, -0.25) is 9.69 Å². The SMILES string of the molecule is CN(Cc1ccc(C(F)(F)F)cc1)[C@H](C(=O)NC1CC1)c1ccc(F)cc1. The lowest BCUT2D eigenvalue weighted by atomic mass is 10.0. The summed E-state index contributed by atoms with van der Waals surface area (Å²) < 4.78 is 51.4. The first kappa shape index (κ1) is 19.4. The van der Waals surface area contributed by atoms with Crippen LogP contribution in [0.25, 0.3) is 0 Å². The lowest BCUT2D eigenvalue weighted by Crippen LogP contribution is -2.39. The van der Waals surface area contributed by atoms with E-state index < -0.39 is 23.6 Å². The molecular weight excluding hydrogens is 360 g/mol. The van der Waals surface area contributed by atoms with E-state index in [4.69, 9.17) is 0 Å². The summed E-state index contributed by atoms with van der Waals surface area (Å²) in [5, 5.41) is 2.94. The van der Waals surface area contributed by atoms with E-state index in [0.29, 0.717) is 11.1 Å². The number of likely N-dealkylation sites (N-methyl/N-ethyl adjacent to an activating group) is 1. The lowest BCUT2D eigenvalue weighted by molar-refractivity contribution is -0.137. The predicted molar refractivity (Wildman–Crippen MR) is 93.2 cm³/mol. The minimum absolute atomic E-state index is 0.167. The molecule has 0 spiro atoms. The average Bonchev–Trinajstić information content (AvgIpc) is 3.40. The van der Waals surface area contributed by atoms with Crippen molar-refractivity contribution in [1.29, 1.82) is 0 Å². The Hall–Kier alpha value is -2.41. The first-order chi connectivity index (χ1) is 12.7. The van der Waals surface area contributed by atoms with Crippen molar-refractivity contribution in [1.82, 2.24) is 10.2 Å². The highest BCUT2D eigenvalue weighted by molar-refractivity contribution is 5.83. The number of benzene rings is 2. The van der Waals surface area contributed by atoms with Gasteiger partial charge in [-0.1, -0.05) is 24.3 Å². The number of halogens is 4. The zero-order chi connectivity index (χ0) is 19.6. The summed E-state index contributed by atoms with van der Waals surface area (Å²) in [4.78, 5) is 14.4. The molecule has 144 valence electrons. The molecule has 0 saturated heterocycles. The maximum absolute atomic E-state index is 13.2. The number of nitrogens with zero attached hydrogens (tertiary/aromatic N) is 1. The standard InChI is InChI=1S/C20H20F4N2O/c1-26(12-13-2-6-15(7-3-13)20(22,23)24)18(19(27)25-17-10-11-17)14-4-8-16(21)9-5-14/h2-9,17-18H,10-12H2,1H3,(H,25,27)/t18-/m0/s1. The first-order valence-corrected chi connectivity index (χ1v) is 8.66. The molecule has 2 aromatic carbocycles. The van der Waals surface area contributed by atoms with Crippen LogP contribution in [0, 0.1) is 5.82 Å². The number of hydrogen-bond donors (Lipinski definition) is 1. The highest BCUT2D eigenvalue weighted by atomic mass is 19.4. The van der Waals surface area contributed by atoms with Crippen LogP contribution in [0.5, 0.6) is 0 Å². The van der Waals surface area contributed by atoms with Crippen molar-refractivity contribution < 1.29 is 22.4 Å². The largest absolute Gasteiger partial charge is 0.416 e. The van der Waals surface area contributed by atoms with Gasteiger partial charge >= 0.3 is 6.18 Å². The topological polar surface area (TPSA) is 32.3 Å². The van der Waals surface area contributed by atoms with Crippen molar-refractivity contribution in [3.63, 3.8) is 0 Å². The summed E-state index contributed by atoms with van der Waals surface area (Å²) in [6.07, 6.45) is -2.51. The van der Waals surface area contributed by atoms with Gasteiger partial charge in [-0.15, -0.1) is 0 Å². The van der Waals surface area contributed by atoms with Gasteiger partial charge in [-0.05, 0) is 55.3 Å². The van der Waals surface area contributed by atoms with Crippen molar-refractivity contribution in [2.24, 2.45) is 0 Å². The zero-order valence-electron chi connectivity index (χ0n) is 14.8. The van der Waals surface area contributed by atoms with Crippen molar-refractivity contribution >= 4 is 5.91 Å². The molecule has 1 fully saturated rings. The third-order valence-corrected chi connectivity index (χ3v) is 4.51. The van der Waals surface area contributed by atoms with Gasteiger partial charge in [-0.2, -0.15) is 13.2 Å². The second-order valence-corrected chi connectivity index (χ2v) is 6.85. The lowest BCUT2D eigenvalue weighted by Gasteiger charge is -2.28. The van der Waals surface area contributed by atoms with E-state index in [-0.39, 0.29) is 18.5 Å². The Morgan fingerprint density at radius 1 is 1.11 bits per heavy atom. The smallest absolute Gasteiger partial charge is 0.352 e. The van der Waals surface area contributed by atoms with Gasteiger partial charge < -0.3 is 5.32 Å². The summed E-state index contributed by atoms with van der Waals surface area (Å²) in [7, 11) is 1.72. The third kappa shape index (κ3) is 5.07. The van der Waals surface area contributed by atoms with Gasteiger partial charge in [0.15, 0.2) is 0 Å². The van der Waals surface area contributed by atoms with E-state index in [2.05, 4.69) is 5.32 Å². The highest BCUT2D eigenvalue weighted by Gasteiger charge is 2.32. The molecule has 1 aliphatic carbocycles. The second kappa shape index (κ2) is 7.68. The Bertz CT molecular complexity index is 783. The molecule has 1 atom stereocenters. The van der Waals surface area contributed by atoms with Crippen molar-refractivity contribution in [3.05, 3.63) is 71.0 Å². The van der Waals surface area contributed by atoms with Crippen LogP contribution >= 0.6 is 0 Å². The first-order valence-electron chi connectivity index (χ1n) is 8.66. The molecule has 3 nitrogen and oxygen atoms in total. The van der Waals surface area contributed by atoms with Gasteiger partial charge in [-0.25, -0.2) is 4.39 Å². The Morgan fingerprint density at radius 2 is 1.70 bits per heavy atom. The number of nitrogens with one attached hydrogen (secondary N) is 1. The van der Waals surface area contributed by atoms with Crippen LogP contribution < -0.4 is 5.32 Å². The fourth-order valence-corrected chi connectivity index (χ4v) is 2.94. The van der Waals surface area contributed by atoms with E-state index in [0.717, 1.165) is 25.0 Å². The Labute approximate surface area is 155 Å². The van der Waals surface area contributed by atoms with Crippen LogP contribution in [0.15, 0.2) is 48.5 Å². The van der Waals surface area contributed by atoms with Crippen LogP contribution in [-0.4, -0.2) is 23.9 Å². The summed E-state index contributed by atoms with van der Waals surface area (Å²) >= 11 is 0. The summed E-state index contributed by atoms with van der Waals surface area (Å²) in [6, 6.07) is 10.1. The van der Waals surface area contributed by atoms with Crippen molar-refractivity contribution in [2.45, 2.75) is 37.6 Å². The van der Waals surface area contributed by atoms with Crippen LogP contribution in [-0.2, 0) is 17.5 Å². The summed E-state index contributed by atoms with van der Waals surface area (Å²) in [5.74, 6) is -0.594. The quantitative estimate of drug-likeness (QED) is 0.758. The van der Waals surface area contributed by atoms with Crippen LogP contribution in [0.2, 0.25) is 0 Å². The third-order valence-electron chi connectivity index (χ3n) is 4.51. The molecular formula is C20H20F4N2O. The Morgan fingerprint density at radius 3 is 2.22 bits per heavy atom. The Kier molecular flexibility index (Phi) is 5.51. The van der Waals surface area contributed by atoms with E-state index in [1.165, 1.54) is 24.3 Å². The molecule has 0 unspecified atom stereocenters. The molecule has 7 heteroatoms. The summed E-state index contributed by atoms with van der Waals surface area (Å²) in [5.41, 5.74) is 0.566. The number of amides is 1. The van der Waals surface area contributed by atoms with Crippen LogP contribution in [0.3, 0.4) is 0 Å². The molecule has 1 saturated carbocycles. The number of alkyl halides is 3. The zero-order valence-corrected chi connectivity index (χ0v) is 14.8. The number of carbonyl (C=O) groups excluding carboxylic acids is 1. The maximum Gasteiger partial charge on any atom is 0.416 e. The van der Waals surface area contributed by atoms with Crippen molar-refractivity contribution in [3.8, 4) is 0 Å². The van der Waals surface area contributed by atoms with Crippen LogP contribution in [0.4, 0.5) is 17.6 Å². The maximum atomic E-state index is 13.2. The highest BCUT2D eigenvalue weighted by Crippen LogP contribution is 2.30. The van der Waals surface area contributed by atoms with E-state index in [1.54, 1.807) is 24.1 Å². The fourth-order valence-electron chi connectivity index (χ4n) is 2.94. The molecule has 27 heavy (non-hydrogen) atoms. The number of rotatable bonds is 6. The molecule has 0 radical (unpaired) electrons. The molecule has 1 aliphatic rings. The number of hydrogen-bond acceptors (Lipinski definition) is 2. The van der Waals surface area contributed by atoms with Gasteiger partial charge in [0.2, 0.25) is 5.91 Å². The van der Waals surface area contributed by atoms with Gasteiger partial charge in [0.05, 0.1) is 5.56 Å². The molecule has 0 aromatic heterocycles. The Balaban J connectivity index is 1.78. The summed E-state index contributed by atoms with van der Waals surface area (Å²) in [6.45, 7) is 0.276. The molecule has 1 amide bonds. The molecule has 3 rings (SSSR count). The molecule has 0 heterocycles. The molecule has 2 aromatic rings. The van der Waals surface area contributed by atoms with Gasteiger partial charge in [0.25, 0.3) is 0 Å². The minimum atomic E-state index is -4.38. The monoisotopic (exact) mass is 380 g/mol. The van der Waals surface area contributed by atoms with Crippen molar-refractivity contribution in [2.75, 3.05) is 7.05 Å². The number of carbonyl (C=O) groups is 1. The minimum Gasteiger partial charge on any atom is -0.352 e. The normalized spacial score (nSPS) is 15.6. The van der Waals surface area contributed by atoms with E-state index in [9.17, 15) is 22.4 Å². The molecule has 1 N–H and O–H groups in total. The molecule has 0 aliphatic heterocycles. The molecule has 0 bridgehead atoms. The van der Waals surface area contributed by atoms with Gasteiger partial charge in [0, 0.05) is 12.6 Å².